The Kier molecular flexibility index (Phi) is 3.76. The third-order valence-corrected chi connectivity index (χ3v) is 3.72. The summed E-state index contributed by atoms with van der Waals surface area (Å²) in [5.41, 5.74) is -0.979. The molecule has 2 rings (SSSR count). The molecule has 0 atom stereocenters. The zero-order valence-electron chi connectivity index (χ0n) is 10.7. The number of benzene rings is 1. The van der Waals surface area contributed by atoms with Crippen molar-refractivity contribution in [1.82, 2.24) is 0 Å². The highest BCUT2D eigenvalue weighted by atomic mass is 19.4. The van der Waals surface area contributed by atoms with Crippen LogP contribution in [-0.2, 0) is 5.60 Å². The van der Waals surface area contributed by atoms with Gasteiger partial charge < -0.3 is 9.84 Å². The van der Waals surface area contributed by atoms with E-state index in [9.17, 15) is 18.3 Å². The molecular weight excluding hydrogens is 257 g/mol. The molecule has 0 saturated heterocycles. The minimum atomic E-state index is -4.74. The van der Waals surface area contributed by atoms with Crippen molar-refractivity contribution >= 4 is 0 Å². The van der Waals surface area contributed by atoms with Crippen LogP contribution in [0.1, 0.15) is 38.2 Å². The third kappa shape index (κ3) is 3.41. The molecule has 0 unspecified atom stereocenters. The van der Waals surface area contributed by atoms with Gasteiger partial charge in [0.2, 0.25) is 0 Å². The second kappa shape index (κ2) is 5.04. The van der Waals surface area contributed by atoms with Crippen LogP contribution in [0.25, 0.3) is 0 Å². The molecule has 106 valence electrons. The number of hydrogen-bond donors (Lipinski definition) is 1. The van der Waals surface area contributed by atoms with Crippen molar-refractivity contribution < 1.29 is 23.0 Å². The first kappa shape index (κ1) is 14.2. The van der Waals surface area contributed by atoms with Crippen LogP contribution >= 0.6 is 0 Å². The highest BCUT2D eigenvalue weighted by molar-refractivity contribution is 5.38. The number of halogens is 3. The van der Waals surface area contributed by atoms with Gasteiger partial charge in [0.25, 0.3) is 0 Å². The van der Waals surface area contributed by atoms with E-state index in [4.69, 9.17) is 0 Å². The van der Waals surface area contributed by atoms with Crippen LogP contribution in [0.2, 0.25) is 0 Å². The largest absolute Gasteiger partial charge is 0.573 e. The first-order valence-electron chi connectivity index (χ1n) is 6.38. The summed E-state index contributed by atoms with van der Waals surface area (Å²) in [5.74, 6) is 0.197. The average Bonchev–Trinajstić information content (AvgIpc) is 2.32. The first-order valence-corrected chi connectivity index (χ1v) is 6.38. The van der Waals surface area contributed by atoms with Gasteiger partial charge in [0.05, 0.1) is 5.60 Å². The number of rotatable bonds is 2. The van der Waals surface area contributed by atoms with Crippen LogP contribution in [0.4, 0.5) is 13.2 Å². The molecule has 1 aliphatic carbocycles. The zero-order valence-corrected chi connectivity index (χ0v) is 10.7. The maximum Gasteiger partial charge on any atom is 0.573 e. The van der Waals surface area contributed by atoms with Gasteiger partial charge in [0, 0.05) is 5.56 Å². The number of para-hydroxylation sites is 1. The van der Waals surface area contributed by atoms with Gasteiger partial charge in [-0.3, -0.25) is 0 Å². The number of hydrogen-bond acceptors (Lipinski definition) is 2. The Morgan fingerprint density at radius 2 is 1.79 bits per heavy atom. The van der Waals surface area contributed by atoms with Gasteiger partial charge in [-0.15, -0.1) is 13.2 Å². The molecule has 1 aromatic rings. The van der Waals surface area contributed by atoms with Gasteiger partial charge in [-0.1, -0.05) is 25.1 Å². The van der Waals surface area contributed by atoms with Gasteiger partial charge in [0.1, 0.15) is 5.75 Å². The fraction of sp³-hybridized carbons (Fsp3) is 0.571. The summed E-state index contributed by atoms with van der Waals surface area (Å²) in [5, 5.41) is 10.6. The molecular formula is C14H17F3O2. The Balaban J connectivity index is 2.29. The third-order valence-electron chi connectivity index (χ3n) is 3.72. The average molecular weight is 274 g/mol. The summed E-state index contributed by atoms with van der Waals surface area (Å²) >= 11 is 0. The molecule has 1 fully saturated rings. The molecule has 1 aliphatic rings. The highest BCUT2D eigenvalue weighted by Crippen LogP contribution is 2.43. The molecule has 1 aromatic carbocycles. The molecule has 0 radical (unpaired) electrons. The molecule has 2 nitrogen and oxygen atoms in total. The van der Waals surface area contributed by atoms with E-state index >= 15 is 0 Å². The lowest BCUT2D eigenvalue weighted by Gasteiger charge is -2.36. The Bertz CT molecular complexity index is 435. The van der Waals surface area contributed by atoms with Crippen LogP contribution < -0.4 is 4.74 Å². The SMILES string of the molecule is CC1CCC(O)(c2ccccc2OC(F)(F)F)CC1. The van der Waals surface area contributed by atoms with Crippen LogP contribution in [0.5, 0.6) is 5.75 Å². The molecule has 0 aromatic heterocycles. The van der Waals surface area contributed by atoms with Crippen molar-refractivity contribution in [2.75, 3.05) is 0 Å². The van der Waals surface area contributed by atoms with E-state index in [1.54, 1.807) is 6.07 Å². The molecule has 0 spiro atoms. The second-order valence-electron chi connectivity index (χ2n) is 5.26. The van der Waals surface area contributed by atoms with Gasteiger partial charge in [0.15, 0.2) is 0 Å². The Morgan fingerprint density at radius 1 is 1.21 bits per heavy atom. The predicted molar refractivity (Wildman–Crippen MR) is 64.7 cm³/mol. The van der Waals surface area contributed by atoms with Crippen molar-refractivity contribution in [2.24, 2.45) is 5.92 Å². The van der Waals surface area contributed by atoms with Crippen LogP contribution in [0.3, 0.4) is 0 Å². The van der Waals surface area contributed by atoms with E-state index in [-0.39, 0.29) is 11.3 Å². The summed E-state index contributed by atoms with van der Waals surface area (Å²) in [4.78, 5) is 0. The molecule has 0 heterocycles. The Labute approximate surface area is 110 Å². The fourth-order valence-corrected chi connectivity index (χ4v) is 2.57. The van der Waals surface area contributed by atoms with Crippen molar-refractivity contribution in [3.05, 3.63) is 29.8 Å². The van der Waals surface area contributed by atoms with E-state index in [2.05, 4.69) is 11.7 Å². The molecule has 1 saturated carbocycles. The molecule has 0 bridgehead atoms. The lowest BCUT2D eigenvalue weighted by Crippen LogP contribution is -2.32. The van der Waals surface area contributed by atoms with E-state index in [1.165, 1.54) is 18.2 Å². The number of alkyl halides is 3. The molecule has 0 amide bonds. The minimum Gasteiger partial charge on any atom is -0.405 e. The molecule has 1 N–H and O–H groups in total. The minimum absolute atomic E-state index is 0.235. The second-order valence-corrected chi connectivity index (χ2v) is 5.26. The number of ether oxygens (including phenoxy) is 1. The monoisotopic (exact) mass is 274 g/mol. The summed E-state index contributed by atoms with van der Waals surface area (Å²) in [6, 6.07) is 5.85. The first-order chi connectivity index (χ1) is 8.80. The van der Waals surface area contributed by atoms with Gasteiger partial charge >= 0.3 is 6.36 Å². The summed E-state index contributed by atoms with van der Waals surface area (Å²) < 4.78 is 41.1. The van der Waals surface area contributed by atoms with Crippen molar-refractivity contribution in [3.63, 3.8) is 0 Å². The topological polar surface area (TPSA) is 29.5 Å². The van der Waals surface area contributed by atoms with Crippen molar-refractivity contribution in [1.29, 1.82) is 0 Å². The summed E-state index contributed by atoms with van der Waals surface area (Å²) in [7, 11) is 0. The van der Waals surface area contributed by atoms with Crippen molar-refractivity contribution in [3.8, 4) is 5.75 Å². The molecule has 5 heteroatoms. The fourth-order valence-electron chi connectivity index (χ4n) is 2.57. The maximum absolute atomic E-state index is 12.4. The zero-order chi connectivity index (χ0) is 14.1. The van der Waals surface area contributed by atoms with Crippen LogP contribution in [0, 0.1) is 5.92 Å². The normalized spacial score (nSPS) is 28.2. The quantitative estimate of drug-likeness (QED) is 0.883. The van der Waals surface area contributed by atoms with Gasteiger partial charge in [-0.05, 0) is 37.7 Å². The van der Waals surface area contributed by atoms with E-state index in [1.807, 2.05) is 0 Å². The molecule has 19 heavy (non-hydrogen) atoms. The molecule has 0 aliphatic heterocycles. The highest BCUT2D eigenvalue weighted by Gasteiger charge is 2.39. The van der Waals surface area contributed by atoms with E-state index in [0.717, 1.165) is 12.8 Å². The van der Waals surface area contributed by atoms with E-state index in [0.29, 0.717) is 18.8 Å². The Hall–Kier alpha value is -1.23. The van der Waals surface area contributed by atoms with Crippen LogP contribution in [-0.4, -0.2) is 11.5 Å². The Morgan fingerprint density at radius 3 is 2.37 bits per heavy atom. The van der Waals surface area contributed by atoms with Gasteiger partial charge in [-0.2, -0.15) is 0 Å². The predicted octanol–water partition coefficient (Wildman–Crippen LogP) is 3.98. The standard InChI is InChI=1S/C14H17F3O2/c1-10-6-8-13(18,9-7-10)11-4-2-3-5-12(11)19-14(15,16)17/h2-5,10,18H,6-9H2,1H3. The van der Waals surface area contributed by atoms with E-state index < -0.39 is 12.0 Å². The van der Waals surface area contributed by atoms with Crippen LogP contribution in [0.15, 0.2) is 24.3 Å². The van der Waals surface area contributed by atoms with Gasteiger partial charge in [-0.25, -0.2) is 0 Å². The smallest absolute Gasteiger partial charge is 0.405 e. The summed E-state index contributed by atoms with van der Waals surface area (Å²) in [6.45, 7) is 2.08. The van der Waals surface area contributed by atoms with Crippen molar-refractivity contribution in [2.45, 2.75) is 44.6 Å². The maximum atomic E-state index is 12.4. The summed E-state index contributed by atoms with van der Waals surface area (Å²) in [6.07, 6.45) is -2.21. The lowest BCUT2D eigenvalue weighted by atomic mass is 9.75. The number of aliphatic hydroxyl groups is 1. The lowest BCUT2D eigenvalue weighted by molar-refractivity contribution is -0.275.